The van der Waals surface area contributed by atoms with Gasteiger partial charge in [0.25, 0.3) is 23.6 Å². The number of nitrogens with two attached hydrogens (primary N) is 1. The van der Waals surface area contributed by atoms with Crippen molar-refractivity contribution in [2.45, 2.75) is 250 Å². The van der Waals surface area contributed by atoms with Gasteiger partial charge in [-0.05, 0) is 231 Å². The monoisotopic (exact) mass is 2100 g/mol. The lowest BCUT2D eigenvalue weighted by atomic mass is 9.99. The topological polar surface area (TPSA) is 567 Å². The number of cyclic esters (lactones) is 4. The molecule has 4 aromatic rings. The second-order valence-electron chi connectivity index (χ2n) is 36.5. The fourth-order valence-corrected chi connectivity index (χ4v) is 17.5. The van der Waals surface area contributed by atoms with Crippen LogP contribution in [0.5, 0.6) is 46.0 Å². The van der Waals surface area contributed by atoms with E-state index in [9.17, 15) is 79.2 Å². The Hall–Kier alpha value is -14.0. The summed E-state index contributed by atoms with van der Waals surface area (Å²) >= 11 is 12.7. The Labute approximate surface area is 877 Å². The number of unbranched alkanes of at least 4 members (excludes halogenated alkanes) is 1. The van der Waals surface area contributed by atoms with Crippen LogP contribution in [0.4, 0.5) is 0 Å². The van der Waals surface area contributed by atoms with Gasteiger partial charge in [-0.25, -0.2) is 19.2 Å². The number of oxime groups is 4. The van der Waals surface area contributed by atoms with Crippen LogP contribution in [-0.2, 0) is 87.9 Å². The normalized spacial score (nSPS) is 22.2. The number of carbonyl (C=O) groups excluding carboxylic acids is 8. The number of benzene rings is 4. The lowest BCUT2D eigenvalue weighted by molar-refractivity contribution is -0.137. The molecule has 0 saturated carbocycles. The first-order valence-electron chi connectivity index (χ1n) is 51.0. The summed E-state index contributed by atoms with van der Waals surface area (Å²) in [6.45, 7) is 9.96. The minimum Gasteiger partial charge on any atom is -0.508 e. The summed E-state index contributed by atoms with van der Waals surface area (Å²) in [7, 11) is 0. The van der Waals surface area contributed by atoms with E-state index in [2.05, 4.69) is 47.6 Å². The molecule has 8 aliphatic heterocycles. The average Bonchev–Trinajstić information content (AvgIpc) is 0.789. The molecule has 4 saturated heterocycles. The van der Waals surface area contributed by atoms with Crippen molar-refractivity contribution in [2.75, 3.05) is 105 Å². The van der Waals surface area contributed by atoms with E-state index in [0.717, 1.165) is 147 Å². The second kappa shape index (κ2) is 65.6. The molecule has 8 aliphatic rings. The van der Waals surface area contributed by atoms with Gasteiger partial charge in [-0.15, -0.1) is 0 Å². The van der Waals surface area contributed by atoms with Gasteiger partial charge >= 0.3 is 23.9 Å². The largest absolute Gasteiger partial charge is 0.508 e. The van der Waals surface area contributed by atoms with Gasteiger partial charge in [0.05, 0.1) is 39.0 Å². The van der Waals surface area contributed by atoms with Crippen molar-refractivity contribution in [1.29, 1.82) is 0 Å². The van der Waals surface area contributed by atoms with Crippen molar-refractivity contribution in [3.63, 3.8) is 0 Å². The van der Waals surface area contributed by atoms with Crippen LogP contribution >= 0.6 is 23.2 Å². The molecule has 0 spiro atoms. The Bertz CT molecular complexity index is 5620. The SMILES string of the molecule is CCCCOC1/C=C/C[C@@H](C)OC(=O)c2c(O)cc(O)cc2CC(=N/OCC(=O)N2CCCCC2)/C=C/C1.NCCC1C/C=C/CC/C=C/C(=NOCC(=O)N2CCCCC2)Cc2c(Cl)c(O)cc(O)c2C(=O)O1.[N-]=[N+]=NCCC1C/C=C/CC/C=C/C(=NOCC(=O)N2CCCCC2)Cc2c(Cl)c(O)cc(O)c2C(=O)O1.[N-]=[N+]=NCCC1C/C=C/CC/C=C/C(=NOCC(=O)N2CCCCC2)Cc2cc(O)cc(O)c2C(=O)O1. The fourth-order valence-electron chi connectivity index (χ4n) is 17.1. The fraction of sp³-hybridized carbons (Fsp3) is 0.514. The quantitative estimate of drug-likeness (QED) is 0.00460. The number of esters is 4. The molecule has 4 fully saturated rings. The maximum absolute atomic E-state index is 13.2. The van der Waals surface area contributed by atoms with Gasteiger partial charge in [-0.2, -0.15) is 0 Å². The summed E-state index contributed by atoms with van der Waals surface area (Å²) < 4.78 is 28.5. The van der Waals surface area contributed by atoms with Gasteiger partial charge in [0.15, 0.2) is 26.4 Å². The van der Waals surface area contributed by atoms with E-state index in [0.29, 0.717) is 151 Å². The van der Waals surface area contributed by atoms with Gasteiger partial charge < -0.3 is 109 Å². The molecule has 4 amide bonds. The van der Waals surface area contributed by atoms with E-state index in [1.54, 1.807) is 50.8 Å². The highest BCUT2D eigenvalue weighted by molar-refractivity contribution is 6.34. The molecule has 12 rings (SSSR count). The molecular weight excluding hydrogens is 1970 g/mol. The summed E-state index contributed by atoms with van der Waals surface area (Å²) in [5, 5.41) is 106. The Kier molecular flexibility index (Phi) is 52.2. The number of carbonyl (C=O) groups is 8. The molecule has 8 heterocycles. The number of fused-ring (bicyclic) bond motifs is 4. The van der Waals surface area contributed by atoms with Gasteiger partial charge in [-0.1, -0.05) is 140 Å². The molecule has 40 nitrogen and oxygen atoms in total. The zero-order valence-corrected chi connectivity index (χ0v) is 86.2. The van der Waals surface area contributed by atoms with E-state index in [1.807, 2.05) is 72.9 Å². The molecule has 4 aromatic carbocycles. The van der Waals surface area contributed by atoms with Gasteiger partial charge in [0, 0.05) is 158 Å². The minimum atomic E-state index is -0.847. The molecule has 806 valence electrons. The van der Waals surface area contributed by atoms with Crippen molar-refractivity contribution in [2.24, 2.45) is 36.6 Å². The van der Waals surface area contributed by atoms with Crippen LogP contribution in [0.2, 0.25) is 10.0 Å². The molecule has 5 atom stereocenters. The first-order chi connectivity index (χ1) is 72.1. The number of hydrogen-bond acceptors (Lipinski definition) is 32. The number of halogens is 2. The van der Waals surface area contributed by atoms with Gasteiger partial charge in [-0.3, -0.25) is 19.2 Å². The van der Waals surface area contributed by atoms with Crippen molar-refractivity contribution >= 4 is 93.6 Å². The Morgan fingerprint density at radius 1 is 0.403 bits per heavy atom. The first-order valence-corrected chi connectivity index (χ1v) is 51.8. The highest BCUT2D eigenvalue weighted by Crippen LogP contribution is 2.41. The van der Waals surface area contributed by atoms with Crippen molar-refractivity contribution in [3.05, 3.63) is 209 Å². The van der Waals surface area contributed by atoms with Crippen LogP contribution < -0.4 is 5.73 Å². The number of azide groups is 2. The number of likely N-dealkylation sites (tertiary alicyclic amines) is 4. The highest BCUT2D eigenvalue weighted by atomic mass is 35.5. The molecule has 10 N–H and O–H groups in total. The number of ether oxygens (including phenoxy) is 5. The molecule has 42 heteroatoms. The highest BCUT2D eigenvalue weighted by Gasteiger charge is 2.33. The predicted octanol–water partition coefficient (Wildman–Crippen LogP) is 18.3. The standard InChI is InChI=1S/C29H40N2O7.C26H32ClN5O6.C26H34ClN3O6.C26H33N5O6/c1-3-4-16-36-25-12-8-10-21(2)38-29(35)28-22(18-24(32)19-26(28)33)17-23(11-9-13-25)30-37-20-27(34)31-14-6-5-7-15-31;27-25-20-15-18(30-37-17-23(35)32-13-7-4-8-14-32)9-5-2-1-3-6-10-19(11-12-29-31-28)38-26(36)24(20)21(33)16-22(25)34;27-25-20-15-18(29-35-17-23(33)30-13-7-4-8-14-30)9-5-2-1-3-6-10-19(11-12-28)36-26(34)24(20)21(31)16-22(25)32;27-30-28-12-11-22-10-6-3-1-2-5-9-20(29-36-18-24(34)31-13-7-4-8-14-31)15-19-16-21(32)17-23(33)25(19)26(35)37-22/h8-9,11-12,18-19,21,25,32-33H,3-7,10,13-17,20H2,1-2H3;3,5-6,9,16,19,33-34H,1-2,4,7-8,10-15,17H2;3,5-6,9,16,19,31-32H,1-2,4,7-8,10-15,17,28H2;3,5-6,9,16-17,22,32-33H,1-2,4,7-8,10-15,18H2/b11-9+,12-8+,30-23+;6-3+,9-5+,30-18?;6-3+,9-5+,29-18?;6-3+,9-5+,29-20?/t21-,25?;;;/m1.../s1. The lowest BCUT2D eigenvalue weighted by Crippen LogP contribution is -2.37. The number of allylic oxidation sites excluding steroid dienone is 10. The maximum atomic E-state index is 13.2. The van der Waals surface area contributed by atoms with Crippen LogP contribution in [0.25, 0.3) is 20.9 Å². The number of hydrogen-bond donors (Lipinski definition) is 9. The Morgan fingerprint density at radius 2 is 0.732 bits per heavy atom. The molecule has 0 aromatic heterocycles. The van der Waals surface area contributed by atoms with E-state index in [-0.39, 0.29) is 168 Å². The number of piperidine rings is 4. The first kappa shape index (κ1) is 119. The number of phenols is 8. The third-order valence-electron chi connectivity index (χ3n) is 24.9. The number of nitrogens with zero attached hydrogens (tertiary/aromatic N) is 14. The van der Waals surface area contributed by atoms with Crippen LogP contribution in [-0.4, -0.2) is 266 Å². The maximum Gasteiger partial charge on any atom is 0.342 e. The Balaban J connectivity index is 0.000000221. The third-order valence-corrected chi connectivity index (χ3v) is 25.7. The van der Waals surface area contributed by atoms with Crippen LogP contribution in [0.15, 0.2) is 164 Å². The number of phenolic OH excluding ortho intramolecular Hbond substituents is 8. The molecule has 0 bridgehead atoms. The molecule has 4 unspecified atom stereocenters. The molecule has 149 heavy (non-hydrogen) atoms. The smallest absolute Gasteiger partial charge is 0.342 e. The van der Waals surface area contributed by atoms with Crippen molar-refractivity contribution in [1.82, 2.24) is 19.6 Å². The van der Waals surface area contributed by atoms with E-state index in [1.165, 1.54) is 12.1 Å². The van der Waals surface area contributed by atoms with Crippen molar-refractivity contribution < 1.29 is 122 Å². The molecular formula is C107H139Cl2N15O25. The van der Waals surface area contributed by atoms with E-state index >= 15 is 0 Å². The summed E-state index contributed by atoms with van der Waals surface area (Å²) in [5.74, 6) is -6.65. The summed E-state index contributed by atoms with van der Waals surface area (Å²) in [6, 6.07) is 6.90. The number of amides is 4. The van der Waals surface area contributed by atoms with Gasteiger partial charge in [0.1, 0.15) is 92.7 Å². The summed E-state index contributed by atoms with van der Waals surface area (Å²) in [5.41, 5.74) is 24.7. The summed E-state index contributed by atoms with van der Waals surface area (Å²) in [4.78, 5) is 136. The van der Waals surface area contributed by atoms with Crippen LogP contribution in [0, 0.1) is 0 Å². The third kappa shape index (κ3) is 41.2. The zero-order valence-electron chi connectivity index (χ0n) is 84.6. The average molecular weight is 2110 g/mol. The van der Waals surface area contributed by atoms with E-state index < -0.39 is 71.3 Å². The molecule has 0 aliphatic carbocycles. The summed E-state index contributed by atoms with van der Waals surface area (Å²) in [6.07, 6.45) is 49.7. The van der Waals surface area contributed by atoms with E-state index in [4.69, 9.17) is 83.0 Å². The van der Waals surface area contributed by atoms with Crippen LogP contribution in [0.1, 0.15) is 257 Å². The lowest BCUT2D eigenvalue weighted by Gasteiger charge is -2.26. The Morgan fingerprint density at radius 3 is 1.09 bits per heavy atom. The predicted molar refractivity (Wildman–Crippen MR) is 561 cm³/mol. The minimum absolute atomic E-state index is 0.0399. The molecule has 0 radical (unpaired) electrons. The number of aromatic hydroxyl groups is 8. The van der Waals surface area contributed by atoms with Crippen molar-refractivity contribution in [3.8, 4) is 46.0 Å². The second-order valence-corrected chi connectivity index (χ2v) is 37.3. The zero-order chi connectivity index (χ0) is 107. The number of rotatable bonds is 24. The van der Waals surface area contributed by atoms with Gasteiger partial charge in [0.2, 0.25) is 0 Å². The van der Waals surface area contributed by atoms with Crippen LogP contribution in [0.3, 0.4) is 0 Å².